The molecule has 1 atom stereocenters. The fourth-order valence-electron chi connectivity index (χ4n) is 5.95. The number of pyridine rings is 1. The minimum absolute atomic E-state index is 0.0774. The molecule has 0 spiro atoms. The van der Waals surface area contributed by atoms with Crippen molar-refractivity contribution in [3.8, 4) is 11.8 Å². The Morgan fingerprint density at radius 1 is 1.08 bits per heavy atom. The van der Waals surface area contributed by atoms with Gasteiger partial charge in [-0.1, -0.05) is 18.1 Å². The summed E-state index contributed by atoms with van der Waals surface area (Å²) in [6.07, 6.45) is 3.61. The van der Waals surface area contributed by atoms with Crippen LogP contribution in [-0.2, 0) is 12.7 Å². The summed E-state index contributed by atoms with van der Waals surface area (Å²) in [6, 6.07) is 13.4. The number of rotatable bonds is 8. The number of aromatic nitrogens is 4. The molecule has 49 heavy (non-hydrogen) atoms. The zero-order chi connectivity index (χ0) is 34.9. The molecule has 254 valence electrons. The van der Waals surface area contributed by atoms with E-state index in [9.17, 15) is 18.0 Å². The fraction of sp³-hybridized carbons (Fsp3) is 0.324. The third kappa shape index (κ3) is 7.63. The van der Waals surface area contributed by atoms with Crippen molar-refractivity contribution in [2.75, 3.05) is 37.8 Å². The average Bonchev–Trinajstić information content (AvgIpc) is 3.82. The second kappa shape index (κ2) is 13.8. The molecule has 0 bridgehead atoms. The van der Waals surface area contributed by atoms with Crippen molar-refractivity contribution in [2.45, 2.75) is 52.0 Å². The second-order valence-corrected chi connectivity index (χ2v) is 12.9. The minimum Gasteiger partial charge on any atom is -0.350 e. The van der Waals surface area contributed by atoms with Gasteiger partial charge in [0.05, 0.1) is 29.3 Å². The Morgan fingerprint density at radius 2 is 1.90 bits per heavy atom. The van der Waals surface area contributed by atoms with Crippen molar-refractivity contribution in [3.05, 3.63) is 107 Å². The van der Waals surface area contributed by atoms with Crippen LogP contribution >= 0.6 is 0 Å². The maximum absolute atomic E-state index is 14.1. The lowest BCUT2D eigenvalue weighted by atomic mass is 10.0. The maximum atomic E-state index is 14.1. The molecule has 1 fully saturated rings. The third-order valence-electron chi connectivity index (χ3n) is 8.82. The van der Waals surface area contributed by atoms with Crippen LogP contribution < -0.4 is 10.6 Å². The third-order valence-corrected chi connectivity index (χ3v) is 8.82. The summed E-state index contributed by atoms with van der Waals surface area (Å²) in [6.45, 7) is 7.64. The number of likely N-dealkylation sites (N-methyl/N-ethyl adjacent to an activating group) is 1. The first kappa shape index (κ1) is 33.8. The van der Waals surface area contributed by atoms with E-state index < -0.39 is 17.6 Å². The predicted octanol–water partition coefficient (Wildman–Crippen LogP) is 6.97. The van der Waals surface area contributed by atoms with E-state index in [1.54, 1.807) is 30.6 Å². The number of halogens is 3. The second-order valence-electron chi connectivity index (χ2n) is 12.9. The number of hydrogen-bond acceptors (Lipinski definition) is 6. The van der Waals surface area contributed by atoms with E-state index in [2.05, 4.69) is 51.3 Å². The van der Waals surface area contributed by atoms with Crippen molar-refractivity contribution in [2.24, 2.45) is 0 Å². The van der Waals surface area contributed by atoms with Gasteiger partial charge < -0.3 is 15.5 Å². The Kier molecular flexibility index (Phi) is 9.50. The summed E-state index contributed by atoms with van der Waals surface area (Å²) in [5.74, 6) is 5.79. The Labute approximate surface area is 283 Å². The number of benzene rings is 2. The number of nitrogens with zero attached hydrogens (tertiary/aromatic N) is 6. The summed E-state index contributed by atoms with van der Waals surface area (Å²) >= 11 is 0. The van der Waals surface area contributed by atoms with Crippen LogP contribution in [0.25, 0.3) is 5.65 Å². The number of carbonyl (C=O) groups is 1. The molecule has 4 heterocycles. The van der Waals surface area contributed by atoms with Crippen LogP contribution in [0.5, 0.6) is 0 Å². The van der Waals surface area contributed by atoms with Gasteiger partial charge in [0.2, 0.25) is 0 Å². The molecule has 1 aliphatic rings. The normalized spacial score (nSPS) is 15.2. The summed E-state index contributed by atoms with van der Waals surface area (Å²) in [5.41, 5.74) is 4.25. The summed E-state index contributed by atoms with van der Waals surface area (Å²) < 4.78 is 46.2. The largest absolute Gasteiger partial charge is 0.416 e. The van der Waals surface area contributed by atoms with E-state index in [4.69, 9.17) is 0 Å². The number of carbonyl (C=O) groups excluding carboxylic acids is 1. The molecular weight excluding hydrogens is 629 g/mol. The van der Waals surface area contributed by atoms with Gasteiger partial charge in [0.25, 0.3) is 5.91 Å². The molecule has 9 nitrogen and oxygen atoms in total. The first-order chi connectivity index (χ1) is 23.4. The lowest BCUT2D eigenvalue weighted by Gasteiger charge is -2.22. The van der Waals surface area contributed by atoms with Gasteiger partial charge in [0, 0.05) is 60.9 Å². The van der Waals surface area contributed by atoms with Crippen molar-refractivity contribution >= 4 is 28.6 Å². The van der Waals surface area contributed by atoms with Crippen molar-refractivity contribution in [3.63, 3.8) is 0 Å². The highest BCUT2D eigenvalue weighted by Crippen LogP contribution is 2.35. The molecule has 3 aromatic heterocycles. The van der Waals surface area contributed by atoms with Gasteiger partial charge >= 0.3 is 6.18 Å². The molecule has 0 radical (unpaired) electrons. The molecule has 12 heteroatoms. The molecule has 1 unspecified atom stereocenters. The lowest BCUT2D eigenvalue weighted by molar-refractivity contribution is -0.138. The smallest absolute Gasteiger partial charge is 0.350 e. The van der Waals surface area contributed by atoms with Crippen LogP contribution in [0.4, 0.5) is 30.2 Å². The zero-order valence-electron chi connectivity index (χ0n) is 28.1. The Balaban J connectivity index is 1.19. The molecule has 0 saturated carbocycles. The summed E-state index contributed by atoms with van der Waals surface area (Å²) in [5, 5.41) is 10.4. The number of alkyl halides is 3. The number of aryl methyl sites for hydroxylation is 1. The topological polar surface area (TPSA) is 82.7 Å². The van der Waals surface area contributed by atoms with Gasteiger partial charge in [0.1, 0.15) is 5.69 Å². The van der Waals surface area contributed by atoms with E-state index in [1.807, 2.05) is 59.5 Å². The van der Waals surface area contributed by atoms with E-state index in [0.717, 1.165) is 36.0 Å². The van der Waals surface area contributed by atoms with Gasteiger partial charge in [-0.3, -0.25) is 18.8 Å². The van der Waals surface area contributed by atoms with Crippen molar-refractivity contribution < 1.29 is 18.0 Å². The van der Waals surface area contributed by atoms with E-state index in [1.165, 1.54) is 12.1 Å². The first-order valence-electron chi connectivity index (χ1n) is 16.2. The summed E-state index contributed by atoms with van der Waals surface area (Å²) in [7, 11) is 3.97. The maximum Gasteiger partial charge on any atom is 0.416 e. The molecule has 1 saturated heterocycles. The number of amides is 1. The molecule has 5 aromatic rings. The molecule has 2 aromatic carbocycles. The van der Waals surface area contributed by atoms with Gasteiger partial charge in [-0.15, -0.1) is 0 Å². The van der Waals surface area contributed by atoms with Crippen LogP contribution in [0, 0.1) is 18.8 Å². The van der Waals surface area contributed by atoms with Crippen LogP contribution in [0.3, 0.4) is 0 Å². The van der Waals surface area contributed by atoms with Gasteiger partial charge in [-0.05, 0) is 94.7 Å². The quantitative estimate of drug-likeness (QED) is 0.174. The Morgan fingerprint density at radius 3 is 2.61 bits per heavy atom. The minimum atomic E-state index is -4.56. The lowest BCUT2D eigenvalue weighted by Crippen LogP contribution is -2.31. The van der Waals surface area contributed by atoms with E-state index >= 15 is 0 Å². The highest BCUT2D eigenvalue weighted by Gasteiger charge is 2.35. The molecule has 0 aliphatic carbocycles. The fourth-order valence-corrected chi connectivity index (χ4v) is 5.95. The number of hydrogen-bond donors (Lipinski definition) is 2. The number of anilines is 3. The molecule has 2 N–H and O–H groups in total. The van der Waals surface area contributed by atoms with Crippen molar-refractivity contribution in [1.29, 1.82) is 0 Å². The van der Waals surface area contributed by atoms with Crippen LogP contribution in [0.1, 0.15) is 64.6 Å². The Hall–Kier alpha value is -5.12. The Bertz CT molecular complexity index is 2050. The monoisotopic (exact) mass is 668 g/mol. The summed E-state index contributed by atoms with van der Waals surface area (Å²) in [4.78, 5) is 22.0. The van der Waals surface area contributed by atoms with Gasteiger partial charge in [0.15, 0.2) is 5.65 Å². The number of imidazole rings is 1. The van der Waals surface area contributed by atoms with Gasteiger partial charge in [-0.2, -0.15) is 18.3 Å². The molecule has 1 aliphatic heterocycles. The van der Waals surface area contributed by atoms with E-state index in [0.29, 0.717) is 29.5 Å². The standard InChI is InChI=1S/C37H39F3N8O/c1-24(2)48-22-30(19-42-48)43-34-7-6-15-47-31(20-41-35(34)47)13-11-26-17-27(9-8-25(26)3)36(49)44-29-12-10-28(33(18-29)37(38,39)40)21-46-16-14-32(23-46)45(4)5/h6-10,12,15,17-20,22,24,32,43H,14,16,21,23H2,1-5H3,(H,44,49). The number of likely N-dealkylation sites (tertiary alicyclic amines) is 1. The molecule has 1 amide bonds. The molecular formula is C37H39F3N8O. The number of fused-ring (bicyclic) bond motifs is 1. The van der Waals surface area contributed by atoms with Gasteiger partial charge in [-0.25, -0.2) is 4.98 Å². The zero-order valence-corrected chi connectivity index (χ0v) is 28.1. The highest BCUT2D eigenvalue weighted by atomic mass is 19.4. The predicted molar refractivity (Wildman–Crippen MR) is 185 cm³/mol. The molecule has 6 rings (SSSR count). The SMILES string of the molecule is Cc1ccc(C(=O)Nc2ccc(CN3CCC(N(C)C)C3)c(C(F)(F)F)c2)cc1C#Cc1cnc2c(Nc3cnn(C(C)C)c3)cccn12. The van der Waals surface area contributed by atoms with E-state index in [-0.39, 0.29) is 29.4 Å². The first-order valence-corrected chi connectivity index (χ1v) is 16.2. The van der Waals surface area contributed by atoms with Crippen molar-refractivity contribution in [1.82, 2.24) is 29.0 Å². The van der Waals surface area contributed by atoms with Crippen LogP contribution in [0.15, 0.2) is 73.3 Å². The van der Waals surface area contributed by atoms with Crippen LogP contribution in [-0.4, -0.2) is 68.1 Å². The highest BCUT2D eigenvalue weighted by molar-refractivity contribution is 6.04. The number of nitrogens with one attached hydrogen (secondary N) is 2. The van der Waals surface area contributed by atoms with Crippen LogP contribution in [0.2, 0.25) is 0 Å². The average molecular weight is 669 g/mol.